The Morgan fingerprint density at radius 1 is 1.13 bits per heavy atom. The largest absolute Gasteiger partial charge is 0.495 e. The minimum atomic E-state index is -0.178. The first kappa shape index (κ1) is 25.4. The number of benzene rings is 1. The lowest BCUT2D eigenvalue weighted by Gasteiger charge is -2.29. The predicted molar refractivity (Wildman–Crippen MR) is 152 cm³/mol. The number of hydrogen-bond acceptors (Lipinski definition) is 5. The maximum absolute atomic E-state index is 11.9. The molecule has 4 aromatic rings. The van der Waals surface area contributed by atoms with E-state index >= 15 is 0 Å². The molecule has 0 spiro atoms. The van der Waals surface area contributed by atoms with Gasteiger partial charge in [-0.1, -0.05) is 12.1 Å². The maximum atomic E-state index is 11.9. The van der Waals surface area contributed by atoms with E-state index in [2.05, 4.69) is 56.0 Å². The molecule has 194 valence electrons. The van der Waals surface area contributed by atoms with Crippen LogP contribution in [-0.4, -0.2) is 32.7 Å². The fraction of sp³-hybridized carbons (Fsp3) is 0.241. The topological polar surface area (TPSA) is 84.3 Å². The van der Waals surface area contributed by atoms with E-state index in [0.717, 1.165) is 40.4 Å². The molecule has 1 fully saturated rings. The molecule has 1 aromatic carbocycles. The second-order valence-corrected chi connectivity index (χ2v) is 9.72. The van der Waals surface area contributed by atoms with E-state index in [1.54, 1.807) is 19.5 Å². The van der Waals surface area contributed by atoms with Crippen molar-refractivity contribution in [3.05, 3.63) is 101 Å². The molecule has 0 radical (unpaired) electrons. The van der Waals surface area contributed by atoms with Crippen LogP contribution in [0, 0.1) is 13.8 Å². The van der Waals surface area contributed by atoms with Crippen LogP contribution in [0.3, 0.4) is 0 Å². The van der Waals surface area contributed by atoms with Gasteiger partial charge in [0.1, 0.15) is 5.75 Å². The first-order valence-corrected chi connectivity index (χ1v) is 12.8. The number of amides is 1. The van der Waals surface area contributed by atoms with E-state index in [-0.39, 0.29) is 18.0 Å². The van der Waals surface area contributed by atoms with Crippen LogP contribution in [-0.2, 0) is 11.3 Å². The summed E-state index contributed by atoms with van der Waals surface area (Å²) in [4.78, 5) is 23.0. The van der Waals surface area contributed by atoms with Gasteiger partial charge in [0, 0.05) is 49.1 Å². The Balaban J connectivity index is 1.63. The summed E-state index contributed by atoms with van der Waals surface area (Å²) >= 11 is 5.91. The lowest BCUT2D eigenvalue weighted by atomic mass is 9.96. The Bertz CT molecular complexity index is 1470. The van der Waals surface area contributed by atoms with Gasteiger partial charge in [-0.05, 0) is 79.7 Å². The Labute approximate surface area is 227 Å². The number of aryl methyl sites for hydroxylation is 1. The van der Waals surface area contributed by atoms with Gasteiger partial charge < -0.3 is 24.8 Å². The van der Waals surface area contributed by atoms with E-state index in [1.807, 2.05) is 48.7 Å². The molecule has 2 unspecified atom stereocenters. The van der Waals surface area contributed by atoms with Crippen LogP contribution in [0.15, 0.2) is 73.2 Å². The minimum absolute atomic E-state index is 0.176. The van der Waals surface area contributed by atoms with Crippen molar-refractivity contribution in [2.45, 2.75) is 39.4 Å². The van der Waals surface area contributed by atoms with Crippen molar-refractivity contribution in [3.8, 4) is 5.75 Å². The van der Waals surface area contributed by atoms with Gasteiger partial charge >= 0.3 is 0 Å². The molecule has 0 aliphatic carbocycles. The quantitative estimate of drug-likeness (QED) is 0.325. The zero-order chi connectivity index (χ0) is 26.8. The van der Waals surface area contributed by atoms with E-state index in [4.69, 9.17) is 17.0 Å². The van der Waals surface area contributed by atoms with E-state index in [9.17, 15) is 4.79 Å². The summed E-state index contributed by atoms with van der Waals surface area (Å²) in [6, 6.07) is 17.5. The molecule has 38 heavy (non-hydrogen) atoms. The number of aromatic nitrogens is 3. The van der Waals surface area contributed by atoms with Gasteiger partial charge in [-0.3, -0.25) is 14.8 Å². The summed E-state index contributed by atoms with van der Waals surface area (Å²) in [6.45, 7) is 6.46. The second kappa shape index (κ2) is 10.6. The molecule has 2 N–H and O–H groups in total. The number of rotatable bonds is 7. The van der Waals surface area contributed by atoms with Crippen molar-refractivity contribution in [1.82, 2.24) is 19.9 Å². The molecule has 2 atom stereocenters. The minimum Gasteiger partial charge on any atom is -0.495 e. The number of anilines is 2. The molecule has 1 aliphatic heterocycles. The van der Waals surface area contributed by atoms with Crippen molar-refractivity contribution in [2.75, 3.05) is 17.3 Å². The van der Waals surface area contributed by atoms with Gasteiger partial charge in [0.15, 0.2) is 5.11 Å². The van der Waals surface area contributed by atoms with E-state index < -0.39 is 0 Å². The standard InChI is InChI=1S/C29H30N6O2S/c1-18-14-23(19(2)34(18)17-21-8-7-12-30-16-21)28-27(24-9-5-6-13-31-24)33-29(38)35(28)22-10-11-26(37-4)25(15-22)32-20(3)36/h5-16,27-28H,17H2,1-4H3,(H,32,36)(H,33,38). The van der Waals surface area contributed by atoms with Crippen molar-refractivity contribution in [1.29, 1.82) is 0 Å². The fourth-order valence-corrected chi connectivity index (χ4v) is 5.47. The van der Waals surface area contributed by atoms with Crippen molar-refractivity contribution < 1.29 is 9.53 Å². The highest BCUT2D eigenvalue weighted by molar-refractivity contribution is 7.80. The summed E-state index contributed by atoms with van der Waals surface area (Å²) in [7, 11) is 1.58. The van der Waals surface area contributed by atoms with Crippen LogP contribution in [0.1, 0.15) is 47.2 Å². The highest BCUT2D eigenvalue weighted by Crippen LogP contribution is 2.44. The van der Waals surface area contributed by atoms with Crippen molar-refractivity contribution in [3.63, 3.8) is 0 Å². The number of carbonyl (C=O) groups excluding carboxylic acids is 1. The van der Waals surface area contributed by atoms with Gasteiger partial charge in [0.05, 0.1) is 30.6 Å². The molecular formula is C29H30N6O2S. The molecule has 3 aromatic heterocycles. The lowest BCUT2D eigenvalue weighted by Crippen LogP contribution is -2.29. The van der Waals surface area contributed by atoms with Gasteiger partial charge in [0.2, 0.25) is 5.91 Å². The number of hydrogen-bond donors (Lipinski definition) is 2. The van der Waals surface area contributed by atoms with Crippen LogP contribution in [0.5, 0.6) is 5.75 Å². The number of nitrogens with zero attached hydrogens (tertiary/aromatic N) is 4. The molecule has 0 saturated carbocycles. The summed E-state index contributed by atoms with van der Waals surface area (Å²) in [5, 5.41) is 6.98. The Kier molecular flexibility index (Phi) is 7.11. The summed E-state index contributed by atoms with van der Waals surface area (Å²) in [5.41, 5.74) is 6.89. The average Bonchev–Trinajstić information content (AvgIpc) is 3.40. The number of carbonyl (C=O) groups is 1. The first-order valence-electron chi connectivity index (χ1n) is 12.4. The SMILES string of the molecule is COc1ccc(N2C(=S)NC(c3ccccn3)C2c2cc(C)n(Cc3cccnc3)c2C)cc1NC(C)=O. The summed E-state index contributed by atoms with van der Waals surface area (Å²) < 4.78 is 7.79. The number of pyridine rings is 2. The van der Waals surface area contributed by atoms with Crippen LogP contribution in [0.25, 0.3) is 0 Å². The second-order valence-electron chi connectivity index (χ2n) is 9.34. The van der Waals surface area contributed by atoms with Crippen molar-refractivity contribution >= 4 is 34.6 Å². The molecule has 0 bridgehead atoms. The molecule has 1 aliphatic rings. The Morgan fingerprint density at radius 2 is 1.97 bits per heavy atom. The highest BCUT2D eigenvalue weighted by atomic mass is 32.1. The molecule has 9 heteroatoms. The molecule has 1 saturated heterocycles. The van der Waals surface area contributed by atoms with Crippen LogP contribution in [0.4, 0.5) is 11.4 Å². The van der Waals surface area contributed by atoms with E-state index in [0.29, 0.717) is 16.5 Å². The fourth-order valence-electron chi connectivity index (χ4n) is 5.13. The summed E-state index contributed by atoms with van der Waals surface area (Å²) in [5.74, 6) is 0.402. The third-order valence-corrected chi connectivity index (χ3v) is 7.18. The van der Waals surface area contributed by atoms with Gasteiger partial charge in [-0.25, -0.2) is 0 Å². The lowest BCUT2D eigenvalue weighted by molar-refractivity contribution is -0.114. The third kappa shape index (κ3) is 4.84. The zero-order valence-electron chi connectivity index (χ0n) is 21.8. The first-order chi connectivity index (χ1) is 18.4. The normalized spacial score (nSPS) is 16.8. The smallest absolute Gasteiger partial charge is 0.221 e. The molecular weight excluding hydrogens is 496 g/mol. The van der Waals surface area contributed by atoms with Crippen molar-refractivity contribution in [2.24, 2.45) is 0 Å². The van der Waals surface area contributed by atoms with E-state index in [1.165, 1.54) is 6.92 Å². The van der Waals surface area contributed by atoms with Crippen LogP contribution >= 0.6 is 12.2 Å². The van der Waals surface area contributed by atoms with Gasteiger partial charge in [-0.15, -0.1) is 0 Å². The summed E-state index contributed by atoms with van der Waals surface area (Å²) in [6.07, 6.45) is 5.48. The number of methoxy groups -OCH3 is 1. The molecule has 8 nitrogen and oxygen atoms in total. The Morgan fingerprint density at radius 3 is 2.66 bits per heavy atom. The maximum Gasteiger partial charge on any atom is 0.221 e. The van der Waals surface area contributed by atoms with Crippen LogP contribution in [0.2, 0.25) is 0 Å². The third-order valence-electron chi connectivity index (χ3n) is 6.86. The van der Waals surface area contributed by atoms with Crippen LogP contribution < -0.4 is 20.3 Å². The number of thiocarbonyl (C=S) groups is 1. The number of nitrogens with one attached hydrogen (secondary N) is 2. The van der Waals surface area contributed by atoms with Gasteiger partial charge in [-0.2, -0.15) is 0 Å². The van der Waals surface area contributed by atoms with Gasteiger partial charge in [0.25, 0.3) is 0 Å². The predicted octanol–water partition coefficient (Wildman–Crippen LogP) is 5.09. The molecule has 1 amide bonds. The molecule has 5 rings (SSSR count). The number of ether oxygens (including phenoxy) is 1. The average molecular weight is 527 g/mol. The molecule has 4 heterocycles. The highest BCUT2D eigenvalue weighted by Gasteiger charge is 2.42. The Hall–Kier alpha value is -4.24. The zero-order valence-corrected chi connectivity index (χ0v) is 22.6. The monoisotopic (exact) mass is 526 g/mol.